The number of nitrogens with one attached hydrogen (secondary N) is 1. The van der Waals surface area contributed by atoms with Crippen LogP contribution >= 0.6 is 27.3 Å². The standard InChI is InChI=1S/C12H16BrN3S/c1-9(12-11(13)4-6-17-12)14-5-3-10-7-15-16(2)8-10/h4,6-9,14H,3,5H2,1-2H3. The number of hydrogen-bond acceptors (Lipinski definition) is 3. The number of nitrogens with zero attached hydrogens (tertiary/aromatic N) is 2. The molecule has 0 aliphatic rings. The van der Waals surface area contributed by atoms with Crippen molar-refractivity contribution in [2.45, 2.75) is 19.4 Å². The molecule has 2 aromatic rings. The van der Waals surface area contributed by atoms with Gasteiger partial charge in [-0.3, -0.25) is 4.68 Å². The number of hydrogen-bond donors (Lipinski definition) is 1. The second kappa shape index (κ2) is 5.80. The Hall–Kier alpha value is -0.650. The molecule has 0 aliphatic carbocycles. The lowest BCUT2D eigenvalue weighted by Crippen LogP contribution is -2.20. The van der Waals surface area contributed by atoms with Gasteiger partial charge in [-0.05, 0) is 52.8 Å². The Labute approximate surface area is 114 Å². The molecule has 17 heavy (non-hydrogen) atoms. The van der Waals surface area contributed by atoms with Crippen molar-refractivity contribution in [2.75, 3.05) is 6.54 Å². The molecule has 0 amide bonds. The Bertz CT molecular complexity index is 478. The summed E-state index contributed by atoms with van der Waals surface area (Å²) >= 11 is 5.35. The van der Waals surface area contributed by atoms with Gasteiger partial charge in [0.15, 0.2) is 0 Å². The van der Waals surface area contributed by atoms with E-state index >= 15 is 0 Å². The number of thiophene rings is 1. The fourth-order valence-electron chi connectivity index (χ4n) is 1.74. The molecule has 0 bridgehead atoms. The van der Waals surface area contributed by atoms with Crippen molar-refractivity contribution in [3.63, 3.8) is 0 Å². The molecule has 2 heterocycles. The van der Waals surface area contributed by atoms with Crippen LogP contribution in [0.2, 0.25) is 0 Å². The van der Waals surface area contributed by atoms with Gasteiger partial charge in [-0.1, -0.05) is 0 Å². The molecule has 0 spiro atoms. The summed E-state index contributed by atoms with van der Waals surface area (Å²) in [5.74, 6) is 0. The first-order valence-electron chi connectivity index (χ1n) is 5.60. The largest absolute Gasteiger partial charge is 0.309 e. The van der Waals surface area contributed by atoms with Crippen LogP contribution in [-0.2, 0) is 13.5 Å². The van der Waals surface area contributed by atoms with Crippen molar-refractivity contribution in [3.05, 3.63) is 38.8 Å². The monoisotopic (exact) mass is 313 g/mol. The summed E-state index contributed by atoms with van der Waals surface area (Å²) in [5.41, 5.74) is 1.28. The van der Waals surface area contributed by atoms with E-state index in [0.717, 1.165) is 13.0 Å². The summed E-state index contributed by atoms with van der Waals surface area (Å²) in [4.78, 5) is 1.36. The van der Waals surface area contributed by atoms with E-state index in [1.807, 2.05) is 17.9 Å². The minimum Gasteiger partial charge on any atom is -0.309 e. The van der Waals surface area contributed by atoms with Gasteiger partial charge in [0.1, 0.15) is 0 Å². The lowest BCUT2D eigenvalue weighted by molar-refractivity contribution is 0.583. The van der Waals surface area contributed by atoms with E-state index < -0.39 is 0 Å². The van der Waals surface area contributed by atoms with Gasteiger partial charge in [-0.2, -0.15) is 5.10 Å². The average Bonchev–Trinajstić information content (AvgIpc) is 2.87. The highest BCUT2D eigenvalue weighted by atomic mass is 79.9. The first-order valence-corrected chi connectivity index (χ1v) is 7.28. The predicted octanol–water partition coefficient (Wildman–Crippen LogP) is 3.14. The van der Waals surface area contributed by atoms with Gasteiger partial charge in [-0.25, -0.2) is 0 Å². The molecule has 0 saturated heterocycles. The summed E-state index contributed by atoms with van der Waals surface area (Å²) in [7, 11) is 1.95. The van der Waals surface area contributed by atoms with Crippen LogP contribution in [0.4, 0.5) is 0 Å². The average molecular weight is 314 g/mol. The van der Waals surface area contributed by atoms with Gasteiger partial charge in [0.2, 0.25) is 0 Å². The van der Waals surface area contributed by atoms with Crippen molar-refractivity contribution in [3.8, 4) is 0 Å². The number of rotatable bonds is 5. The van der Waals surface area contributed by atoms with Crippen LogP contribution in [0, 0.1) is 0 Å². The van der Waals surface area contributed by atoms with Gasteiger partial charge >= 0.3 is 0 Å². The highest BCUT2D eigenvalue weighted by Crippen LogP contribution is 2.28. The summed E-state index contributed by atoms with van der Waals surface area (Å²) in [5, 5.41) is 9.80. The van der Waals surface area contributed by atoms with Gasteiger partial charge in [0.05, 0.1) is 6.20 Å². The first kappa shape index (κ1) is 12.8. The second-order valence-electron chi connectivity index (χ2n) is 4.08. The number of aryl methyl sites for hydroxylation is 1. The Morgan fingerprint density at radius 3 is 3.00 bits per heavy atom. The van der Waals surface area contributed by atoms with Crippen LogP contribution < -0.4 is 5.32 Å². The summed E-state index contributed by atoms with van der Waals surface area (Å²) < 4.78 is 3.04. The summed E-state index contributed by atoms with van der Waals surface area (Å²) in [6.45, 7) is 3.16. The highest BCUT2D eigenvalue weighted by molar-refractivity contribution is 9.10. The third-order valence-electron chi connectivity index (χ3n) is 2.66. The maximum absolute atomic E-state index is 4.16. The van der Waals surface area contributed by atoms with E-state index in [9.17, 15) is 0 Å². The van der Waals surface area contributed by atoms with Crippen molar-refractivity contribution >= 4 is 27.3 Å². The third kappa shape index (κ3) is 3.40. The number of halogens is 1. The van der Waals surface area contributed by atoms with Crippen molar-refractivity contribution in [2.24, 2.45) is 7.05 Å². The van der Waals surface area contributed by atoms with Gasteiger partial charge in [-0.15, -0.1) is 11.3 Å². The lowest BCUT2D eigenvalue weighted by atomic mass is 10.2. The molecule has 1 unspecified atom stereocenters. The third-order valence-corrected chi connectivity index (χ3v) is 4.71. The van der Waals surface area contributed by atoms with Gasteiger partial charge < -0.3 is 5.32 Å². The highest BCUT2D eigenvalue weighted by Gasteiger charge is 2.09. The Balaban J connectivity index is 1.81. The van der Waals surface area contributed by atoms with Crippen LogP contribution in [0.3, 0.4) is 0 Å². The first-order chi connectivity index (χ1) is 8.16. The minimum absolute atomic E-state index is 0.390. The molecule has 2 aromatic heterocycles. The zero-order valence-electron chi connectivity index (χ0n) is 9.98. The van der Waals surface area contributed by atoms with E-state index in [1.165, 1.54) is 14.9 Å². The molecule has 92 valence electrons. The van der Waals surface area contributed by atoms with E-state index in [2.05, 4.69) is 50.9 Å². The maximum Gasteiger partial charge on any atom is 0.0522 e. The van der Waals surface area contributed by atoms with Gasteiger partial charge in [0, 0.05) is 28.6 Å². The smallest absolute Gasteiger partial charge is 0.0522 e. The minimum atomic E-state index is 0.390. The zero-order valence-corrected chi connectivity index (χ0v) is 12.4. The summed E-state index contributed by atoms with van der Waals surface area (Å²) in [6.07, 6.45) is 5.00. The molecule has 0 aliphatic heterocycles. The predicted molar refractivity (Wildman–Crippen MR) is 75.3 cm³/mol. The van der Waals surface area contributed by atoms with E-state index in [-0.39, 0.29) is 0 Å². The van der Waals surface area contributed by atoms with E-state index in [1.54, 1.807) is 11.3 Å². The topological polar surface area (TPSA) is 29.9 Å². The fourth-order valence-corrected chi connectivity index (χ4v) is 3.49. The van der Waals surface area contributed by atoms with Crippen LogP contribution in [0.5, 0.6) is 0 Å². The number of aromatic nitrogens is 2. The Morgan fingerprint density at radius 2 is 2.41 bits per heavy atom. The normalized spacial score (nSPS) is 12.9. The van der Waals surface area contributed by atoms with Crippen molar-refractivity contribution in [1.82, 2.24) is 15.1 Å². The van der Waals surface area contributed by atoms with Gasteiger partial charge in [0.25, 0.3) is 0 Å². The molecule has 1 atom stereocenters. The molecule has 0 saturated carbocycles. The SMILES string of the molecule is CC(NCCc1cnn(C)c1)c1sccc1Br. The fraction of sp³-hybridized carbons (Fsp3) is 0.417. The van der Waals surface area contributed by atoms with E-state index in [4.69, 9.17) is 0 Å². The molecule has 1 N–H and O–H groups in total. The Morgan fingerprint density at radius 1 is 1.59 bits per heavy atom. The maximum atomic E-state index is 4.16. The molecule has 0 radical (unpaired) electrons. The molecular formula is C12H16BrN3S. The van der Waals surface area contributed by atoms with Crippen LogP contribution in [-0.4, -0.2) is 16.3 Å². The summed E-state index contributed by atoms with van der Waals surface area (Å²) in [6, 6.07) is 2.49. The molecule has 0 aromatic carbocycles. The molecule has 5 heteroatoms. The quantitative estimate of drug-likeness (QED) is 0.919. The van der Waals surface area contributed by atoms with Crippen LogP contribution in [0.15, 0.2) is 28.3 Å². The second-order valence-corrected chi connectivity index (χ2v) is 5.88. The zero-order chi connectivity index (χ0) is 12.3. The van der Waals surface area contributed by atoms with Crippen LogP contribution in [0.25, 0.3) is 0 Å². The van der Waals surface area contributed by atoms with E-state index in [0.29, 0.717) is 6.04 Å². The van der Waals surface area contributed by atoms with Crippen LogP contribution in [0.1, 0.15) is 23.4 Å². The lowest BCUT2D eigenvalue weighted by Gasteiger charge is -2.12. The molecule has 2 rings (SSSR count). The molecular weight excluding hydrogens is 298 g/mol. The molecule has 3 nitrogen and oxygen atoms in total. The van der Waals surface area contributed by atoms with Crippen molar-refractivity contribution in [1.29, 1.82) is 0 Å². The molecule has 0 fully saturated rings. The van der Waals surface area contributed by atoms with Crippen molar-refractivity contribution < 1.29 is 0 Å². The Kier molecular flexibility index (Phi) is 4.36.